The molecule has 0 heterocycles. The van der Waals surface area contributed by atoms with Crippen molar-refractivity contribution in [1.82, 2.24) is 0 Å². The van der Waals surface area contributed by atoms with Gasteiger partial charge in [0, 0.05) is 0 Å². The van der Waals surface area contributed by atoms with Crippen LogP contribution in [0.4, 0.5) is 4.79 Å². The Balaban J connectivity index is 3.40. The molecule has 0 aromatic rings. The highest BCUT2D eigenvalue weighted by atomic mass is 35.5. The molecule has 0 saturated heterocycles. The van der Waals surface area contributed by atoms with Gasteiger partial charge in [-0.25, -0.2) is 4.79 Å². The van der Waals surface area contributed by atoms with Crippen LogP contribution in [-0.2, 0) is 9.53 Å². The molecular weight excluding hydrogens is 133 g/mol. The summed E-state index contributed by atoms with van der Waals surface area (Å²) in [7, 11) is 0. The quantitative estimate of drug-likeness (QED) is 0.310. The third kappa shape index (κ3) is 3.42. The van der Waals surface area contributed by atoms with Crippen molar-refractivity contribution in [2.24, 2.45) is 5.73 Å². The van der Waals surface area contributed by atoms with Crippen LogP contribution in [0.2, 0.25) is 0 Å². The van der Waals surface area contributed by atoms with Crippen LogP contribution >= 0.6 is 11.6 Å². The first-order chi connectivity index (χ1) is 3.66. The minimum Gasteiger partial charge on any atom is -0.376 e. The number of ether oxygens (including phenoxy) is 1. The lowest BCUT2D eigenvalue weighted by Crippen LogP contribution is -2.18. The van der Waals surface area contributed by atoms with E-state index < -0.39 is 12.1 Å². The maximum absolute atomic E-state index is 9.97. The topological polar surface area (TPSA) is 69.4 Å². The molecule has 4 nitrogen and oxygen atoms in total. The number of rotatable bonds is 1. The van der Waals surface area contributed by atoms with Gasteiger partial charge in [-0.3, -0.25) is 4.79 Å². The van der Waals surface area contributed by atoms with Gasteiger partial charge in [0.1, 0.15) is 5.88 Å². The standard InChI is InChI=1S/C3H4ClNO3/c4-1-2(6)8-3(5)7/h1H2,(H2,5,7). The van der Waals surface area contributed by atoms with Gasteiger partial charge in [0.2, 0.25) is 0 Å². The molecule has 0 aliphatic heterocycles. The van der Waals surface area contributed by atoms with Crippen LogP contribution in [0, 0.1) is 0 Å². The van der Waals surface area contributed by atoms with Crippen LogP contribution in [-0.4, -0.2) is 17.9 Å². The molecular formula is C3H4ClNO3. The molecule has 0 unspecified atom stereocenters. The number of amides is 1. The Morgan fingerprint density at radius 3 is 2.25 bits per heavy atom. The molecule has 0 bridgehead atoms. The molecule has 0 fully saturated rings. The lowest BCUT2D eigenvalue weighted by atomic mass is 10.8. The van der Waals surface area contributed by atoms with Crippen LogP contribution in [0.1, 0.15) is 0 Å². The van der Waals surface area contributed by atoms with Gasteiger partial charge in [0.05, 0.1) is 0 Å². The van der Waals surface area contributed by atoms with Crippen molar-refractivity contribution in [3.05, 3.63) is 0 Å². The van der Waals surface area contributed by atoms with Crippen molar-refractivity contribution in [2.45, 2.75) is 0 Å². The second-order valence-corrected chi connectivity index (χ2v) is 1.19. The van der Waals surface area contributed by atoms with Gasteiger partial charge in [-0.1, -0.05) is 0 Å². The first kappa shape index (κ1) is 7.23. The Morgan fingerprint density at radius 1 is 1.62 bits per heavy atom. The van der Waals surface area contributed by atoms with Crippen molar-refractivity contribution < 1.29 is 14.3 Å². The molecule has 0 saturated carbocycles. The molecule has 0 aliphatic rings. The second kappa shape index (κ2) is 3.26. The number of carbonyl (C=O) groups is 2. The Kier molecular flexibility index (Phi) is 2.95. The third-order valence-corrected chi connectivity index (χ3v) is 0.542. The number of nitrogens with two attached hydrogens (primary N) is 1. The number of halogens is 1. The zero-order valence-electron chi connectivity index (χ0n) is 3.89. The van der Waals surface area contributed by atoms with Crippen LogP contribution in [0.25, 0.3) is 0 Å². The van der Waals surface area contributed by atoms with E-state index in [0.717, 1.165) is 0 Å². The van der Waals surface area contributed by atoms with E-state index >= 15 is 0 Å². The van der Waals surface area contributed by atoms with E-state index in [1.54, 1.807) is 0 Å². The van der Waals surface area contributed by atoms with E-state index in [1.807, 2.05) is 0 Å². The largest absolute Gasteiger partial charge is 0.412 e. The molecule has 2 N–H and O–H groups in total. The molecule has 0 aromatic heterocycles. The summed E-state index contributed by atoms with van der Waals surface area (Å²) < 4.78 is 3.77. The molecule has 0 radical (unpaired) electrons. The minimum atomic E-state index is -1.13. The Bertz CT molecular complexity index is 113. The average molecular weight is 138 g/mol. The van der Waals surface area contributed by atoms with Gasteiger partial charge in [-0.15, -0.1) is 11.6 Å². The van der Waals surface area contributed by atoms with E-state index in [9.17, 15) is 9.59 Å². The highest BCUT2D eigenvalue weighted by Gasteiger charge is 2.01. The predicted octanol–water partition coefficient (Wildman–Crippen LogP) is -0.153. The number of alkyl halides is 1. The lowest BCUT2D eigenvalue weighted by molar-refractivity contribution is -0.134. The smallest absolute Gasteiger partial charge is 0.376 e. The van der Waals surface area contributed by atoms with Gasteiger partial charge in [0.15, 0.2) is 0 Å². The van der Waals surface area contributed by atoms with Gasteiger partial charge in [-0.05, 0) is 0 Å². The summed E-state index contributed by atoms with van der Waals surface area (Å²) in [5.41, 5.74) is 4.43. The van der Waals surface area contributed by atoms with E-state index in [-0.39, 0.29) is 5.88 Å². The summed E-state index contributed by atoms with van der Waals surface area (Å²) in [5, 5.41) is 0. The summed E-state index contributed by atoms with van der Waals surface area (Å²) in [6.07, 6.45) is -1.13. The minimum absolute atomic E-state index is 0.358. The first-order valence-corrected chi connectivity index (χ1v) is 2.26. The number of esters is 1. The van der Waals surface area contributed by atoms with E-state index in [2.05, 4.69) is 10.5 Å². The number of primary amides is 1. The van der Waals surface area contributed by atoms with Crippen molar-refractivity contribution in [2.75, 3.05) is 5.88 Å². The summed E-state index contributed by atoms with van der Waals surface area (Å²) in [5.74, 6) is -1.19. The van der Waals surface area contributed by atoms with E-state index in [4.69, 9.17) is 11.6 Å². The average Bonchev–Trinajstić information content (AvgIpc) is 1.65. The van der Waals surface area contributed by atoms with Crippen molar-refractivity contribution in [3.63, 3.8) is 0 Å². The number of hydrogen-bond acceptors (Lipinski definition) is 3. The van der Waals surface area contributed by atoms with E-state index in [0.29, 0.717) is 0 Å². The second-order valence-electron chi connectivity index (χ2n) is 0.927. The SMILES string of the molecule is NC(=O)OC(=O)CCl. The summed E-state index contributed by atoms with van der Waals surface area (Å²) in [6, 6.07) is 0. The third-order valence-electron chi connectivity index (χ3n) is 0.324. The van der Waals surface area contributed by atoms with Crippen molar-refractivity contribution in [3.8, 4) is 0 Å². The molecule has 5 heteroatoms. The van der Waals surface area contributed by atoms with Gasteiger partial charge >= 0.3 is 12.1 Å². The highest BCUT2D eigenvalue weighted by Crippen LogP contribution is 1.80. The Morgan fingerprint density at radius 2 is 2.12 bits per heavy atom. The monoisotopic (exact) mass is 137 g/mol. The van der Waals surface area contributed by atoms with Gasteiger partial charge < -0.3 is 10.5 Å². The number of carbonyl (C=O) groups excluding carboxylic acids is 2. The van der Waals surface area contributed by atoms with Gasteiger partial charge in [-0.2, -0.15) is 0 Å². The maximum atomic E-state index is 9.97. The maximum Gasteiger partial charge on any atom is 0.412 e. The molecule has 0 atom stereocenters. The normalized spacial score (nSPS) is 8.12. The molecule has 0 aliphatic carbocycles. The molecule has 1 amide bonds. The van der Waals surface area contributed by atoms with Crippen molar-refractivity contribution >= 4 is 23.7 Å². The molecule has 0 rings (SSSR count). The molecule has 8 heavy (non-hydrogen) atoms. The first-order valence-electron chi connectivity index (χ1n) is 1.73. The van der Waals surface area contributed by atoms with Gasteiger partial charge in [0.25, 0.3) is 0 Å². The fraction of sp³-hybridized carbons (Fsp3) is 0.333. The fourth-order valence-corrected chi connectivity index (χ4v) is 0.194. The summed E-state index contributed by atoms with van der Waals surface area (Å²) in [6.45, 7) is 0. The summed E-state index contributed by atoms with van der Waals surface area (Å²) >= 11 is 4.91. The Labute approximate surface area is 50.5 Å². The number of hydrogen-bond donors (Lipinski definition) is 1. The highest BCUT2D eigenvalue weighted by molar-refractivity contribution is 6.26. The predicted molar refractivity (Wildman–Crippen MR) is 26.4 cm³/mol. The fourth-order valence-electron chi connectivity index (χ4n) is 0.139. The zero-order chi connectivity index (χ0) is 6.57. The lowest BCUT2D eigenvalue weighted by Gasteiger charge is -1.90. The zero-order valence-corrected chi connectivity index (χ0v) is 4.64. The van der Waals surface area contributed by atoms with Crippen molar-refractivity contribution in [1.29, 1.82) is 0 Å². The Hall–Kier alpha value is -0.770. The van der Waals surface area contributed by atoms with Crippen LogP contribution < -0.4 is 5.73 Å². The van der Waals surface area contributed by atoms with Crippen LogP contribution in [0.5, 0.6) is 0 Å². The molecule has 0 spiro atoms. The van der Waals surface area contributed by atoms with E-state index in [1.165, 1.54) is 0 Å². The summed E-state index contributed by atoms with van der Waals surface area (Å²) in [4.78, 5) is 19.7. The van der Waals surface area contributed by atoms with Crippen LogP contribution in [0.3, 0.4) is 0 Å². The van der Waals surface area contributed by atoms with Crippen LogP contribution in [0.15, 0.2) is 0 Å². The molecule has 46 valence electrons. The molecule has 0 aromatic carbocycles.